The first kappa shape index (κ1) is 32.2. The van der Waals surface area contributed by atoms with Crippen molar-refractivity contribution in [3.05, 3.63) is 53.1 Å². The Morgan fingerprint density at radius 1 is 1.08 bits per heavy atom. The van der Waals surface area contributed by atoms with Crippen molar-refractivity contribution >= 4 is 34.6 Å². The molecule has 1 unspecified atom stereocenters. The highest BCUT2D eigenvalue weighted by molar-refractivity contribution is 7.82. The molecule has 0 saturated carbocycles. The number of hydrogen-bond acceptors (Lipinski definition) is 7. The Kier molecular flexibility index (Phi) is 14.6. The maximum Gasteiger partial charge on any atom is 0.409 e. The highest BCUT2D eigenvalue weighted by Crippen LogP contribution is 2.30. The van der Waals surface area contributed by atoms with E-state index in [1.165, 1.54) is 43.9 Å². The molecule has 1 atom stereocenters. The Bertz CT molecular complexity index is 1020. The minimum atomic E-state index is -2.25. The van der Waals surface area contributed by atoms with E-state index in [1.54, 1.807) is 0 Å². The third-order valence-corrected chi connectivity index (χ3v) is 6.07. The fourth-order valence-electron chi connectivity index (χ4n) is 2.60. The van der Waals surface area contributed by atoms with Gasteiger partial charge in [-0.3, -0.25) is 10.0 Å². The summed E-state index contributed by atoms with van der Waals surface area (Å²) >= 11 is 5.78. The predicted octanol–water partition coefficient (Wildman–Crippen LogP) is 3.98. The molecule has 0 spiro atoms. The number of methoxy groups -OCH3 is 1. The first-order valence-corrected chi connectivity index (χ1v) is 12.5. The summed E-state index contributed by atoms with van der Waals surface area (Å²) in [4.78, 5) is 24.5. The molecule has 0 radical (unpaired) electrons. The average molecular weight is 566 g/mol. The molecule has 0 aliphatic heterocycles. The lowest BCUT2D eigenvalue weighted by atomic mass is 10.3. The SMILES string of the molecule is CC.COCCOC(=O)N(C)CCN(CC(=O)NO)S(=O)c1cc(F)c(Oc2ccc(Cl)cc2)c(F)c1. The van der Waals surface area contributed by atoms with Gasteiger partial charge >= 0.3 is 6.09 Å². The van der Waals surface area contributed by atoms with E-state index < -0.39 is 46.9 Å². The van der Waals surface area contributed by atoms with Gasteiger partial charge in [0.15, 0.2) is 17.4 Å². The minimum Gasteiger partial charge on any atom is -0.451 e. The zero-order chi connectivity index (χ0) is 28.0. The van der Waals surface area contributed by atoms with Crippen LogP contribution in [0.1, 0.15) is 13.8 Å². The molecule has 2 rings (SSSR count). The maximum atomic E-state index is 14.7. The van der Waals surface area contributed by atoms with E-state index in [1.807, 2.05) is 13.8 Å². The van der Waals surface area contributed by atoms with E-state index in [4.69, 9.17) is 31.0 Å². The Morgan fingerprint density at radius 2 is 1.68 bits per heavy atom. The fourth-order valence-corrected chi connectivity index (χ4v) is 3.91. The molecule has 2 aromatic carbocycles. The number of carbonyl (C=O) groups is 2. The van der Waals surface area contributed by atoms with Crippen LogP contribution in [0.5, 0.6) is 11.5 Å². The number of likely N-dealkylation sites (N-methyl/N-ethyl adjacent to an activating group) is 1. The third kappa shape index (κ3) is 10.6. The Balaban J connectivity index is 0.00000334. The van der Waals surface area contributed by atoms with Crippen LogP contribution in [0.4, 0.5) is 13.6 Å². The molecule has 0 fully saturated rings. The predicted molar refractivity (Wildman–Crippen MR) is 133 cm³/mol. The monoisotopic (exact) mass is 565 g/mol. The lowest BCUT2D eigenvalue weighted by Crippen LogP contribution is -2.42. The summed E-state index contributed by atoms with van der Waals surface area (Å²) in [7, 11) is 0.602. The first-order chi connectivity index (χ1) is 17.7. The number of nitrogens with one attached hydrogen (secondary N) is 1. The second kappa shape index (κ2) is 16.8. The van der Waals surface area contributed by atoms with Crippen LogP contribution in [0, 0.1) is 11.6 Å². The van der Waals surface area contributed by atoms with Crippen molar-refractivity contribution in [2.24, 2.45) is 0 Å². The van der Waals surface area contributed by atoms with Gasteiger partial charge in [0.1, 0.15) is 23.3 Å². The molecule has 206 valence electrons. The number of hydroxylamine groups is 1. The number of halogens is 3. The topological polar surface area (TPSA) is 118 Å². The van der Waals surface area contributed by atoms with Crippen molar-refractivity contribution in [3.63, 3.8) is 0 Å². The molecule has 0 heterocycles. The molecule has 2 N–H and O–H groups in total. The van der Waals surface area contributed by atoms with E-state index in [2.05, 4.69) is 0 Å². The molecule has 0 saturated heterocycles. The number of benzene rings is 2. The summed E-state index contributed by atoms with van der Waals surface area (Å²) in [5.41, 5.74) is 1.40. The van der Waals surface area contributed by atoms with Gasteiger partial charge in [0.2, 0.25) is 0 Å². The van der Waals surface area contributed by atoms with Crippen molar-refractivity contribution in [1.29, 1.82) is 0 Å². The highest BCUT2D eigenvalue weighted by atomic mass is 35.5. The van der Waals surface area contributed by atoms with Crippen LogP contribution in [0.25, 0.3) is 0 Å². The van der Waals surface area contributed by atoms with Crippen LogP contribution < -0.4 is 10.2 Å². The second-order valence-electron chi connectivity index (χ2n) is 6.95. The van der Waals surface area contributed by atoms with E-state index in [0.717, 1.165) is 21.3 Å². The van der Waals surface area contributed by atoms with Crippen LogP contribution in [0.2, 0.25) is 5.02 Å². The zero-order valence-electron chi connectivity index (χ0n) is 20.8. The molecule has 2 amide bonds. The number of rotatable bonds is 12. The average Bonchev–Trinajstić information content (AvgIpc) is 2.89. The summed E-state index contributed by atoms with van der Waals surface area (Å²) in [6.07, 6.45) is -0.694. The van der Waals surface area contributed by atoms with Crippen molar-refractivity contribution in [1.82, 2.24) is 14.7 Å². The third-order valence-electron chi connectivity index (χ3n) is 4.40. The van der Waals surface area contributed by atoms with Crippen LogP contribution >= 0.6 is 11.6 Å². The first-order valence-electron chi connectivity index (χ1n) is 11.0. The van der Waals surface area contributed by atoms with E-state index in [-0.39, 0.29) is 36.9 Å². The van der Waals surface area contributed by atoms with Gasteiger partial charge in [-0.15, -0.1) is 0 Å². The highest BCUT2D eigenvalue weighted by Gasteiger charge is 2.24. The fraction of sp³-hybridized carbons (Fsp3) is 0.391. The van der Waals surface area contributed by atoms with Crippen molar-refractivity contribution in [2.45, 2.75) is 18.7 Å². The number of nitrogens with zero attached hydrogens (tertiary/aromatic N) is 2. The van der Waals surface area contributed by atoms with Gasteiger partial charge in [-0.2, -0.15) is 0 Å². The Labute approximate surface area is 221 Å². The summed E-state index contributed by atoms with van der Waals surface area (Å²) in [6.45, 7) is 3.40. The normalized spacial score (nSPS) is 11.3. The van der Waals surface area contributed by atoms with Gasteiger partial charge in [-0.25, -0.2) is 27.6 Å². The van der Waals surface area contributed by atoms with Crippen LogP contribution in [0.15, 0.2) is 41.3 Å². The van der Waals surface area contributed by atoms with E-state index in [0.29, 0.717) is 5.02 Å². The van der Waals surface area contributed by atoms with Gasteiger partial charge in [0.05, 0.1) is 18.0 Å². The second-order valence-corrected chi connectivity index (χ2v) is 8.87. The van der Waals surface area contributed by atoms with Gasteiger partial charge in [-0.05, 0) is 36.4 Å². The maximum absolute atomic E-state index is 14.7. The summed E-state index contributed by atoms with van der Waals surface area (Å²) < 4.78 is 58.3. The number of ether oxygens (including phenoxy) is 3. The van der Waals surface area contributed by atoms with E-state index >= 15 is 0 Å². The van der Waals surface area contributed by atoms with Gasteiger partial charge < -0.3 is 19.1 Å². The number of amides is 2. The molecule has 37 heavy (non-hydrogen) atoms. The number of hydrogen-bond donors (Lipinski definition) is 2. The van der Waals surface area contributed by atoms with Crippen molar-refractivity contribution in [3.8, 4) is 11.5 Å². The molecule has 10 nitrogen and oxygen atoms in total. The van der Waals surface area contributed by atoms with Crippen LogP contribution in [0.3, 0.4) is 0 Å². The van der Waals surface area contributed by atoms with Crippen molar-refractivity contribution in [2.75, 3.05) is 47.0 Å². The summed E-state index contributed by atoms with van der Waals surface area (Å²) in [5, 5.41) is 9.25. The molecule has 0 aliphatic carbocycles. The molecule has 0 aliphatic rings. The quantitative estimate of drug-likeness (QED) is 0.227. The van der Waals surface area contributed by atoms with E-state index in [9.17, 15) is 22.6 Å². The van der Waals surface area contributed by atoms with Crippen LogP contribution in [-0.2, 0) is 25.3 Å². The molecule has 2 aromatic rings. The van der Waals surface area contributed by atoms with Gasteiger partial charge in [0.25, 0.3) is 5.91 Å². The molecular formula is C23H30ClF2N3O7S. The molecule has 0 aromatic heterocycles. The lowest BCUT2D eigenvalue weighted by molar-refractivity contribution is -0.129. The minimum absolute atomic E-state index is 0.0191. The number of carbonyl (C=O) groups excluding carboxylic acids is 2. The standard InChI is InChI=1S/C21H24ClF2N3O7S.C2H6/c1-26(21(29)33-10-9-32-2)7-8-27(13-19(28)25-30)35(31)16-11-17(23)20(18(24)12-16)34-15-5-3-14(22)4-6-15;1-2/h3-6,11-12,30H,7-10,13H2,1-2H3,(H,25,28);1-2H3. The van der Waals surface area contributed by atoms with Crippen molar-refractivity contribution < 1.29 is 42.0 Å². The Hall–Kier alpha value is -2.84. The molecule has 14 heteroatoms. The smallest absolute Gasteiger partial charge is 0.409 e. The van der Waals surface area contributed by atoms with Gasteiger partial charge in [0, 0.05) is 32.3 Å². The molecular weight excluding hydrogens is 536 g/mol. The largest absolute Gasteiger partial charge is 0.451 e. The summed E-state index contributed by atoms with van der Waals surface area (Å²) in [6, 6.07) is 7.39. The van der Waals surface area contributed by atoms with Gasteiger partial charge in [-0.1, -0.05) is 25.4 Å². The van der Waals surface area contributed by atoms with Crippen LogP contribution in [-0.4, -0.2) is 77.6 Å². The zero-order valence-corrected chi connectivity index (χ0v) is 22.4. The Morgan fingerprint density at radius 3 is 2.22 bits per heavy atom. The lowest BCUT2D eigenvalue weighted by Gasteiger charge is -2.24. The molecule has 0 bridgehead atoms. The summed E-state index contributed by atoms with van der Waals surface area (Å²) in [5.74, 6) is -3.77.